The van der Waals surface area contributed by atoms with Gasteiger partial charge >= 0.3 is 0 Å². The van der Waals surface area contributed by atoms with Gasteiger partial charge in [-0.1, -0.05) is 24.3 Å². The minimum atomic E-state index is -0.129. The highest BCUT2D eigenvalue weighted by atomic mass is 16.5. The Morgan fingerprint density at radius 2 is 1.78 bits per heavy atom. The molecule has 4 aromatic rings. The molecular weight excluding hydrogens is 288 g/mol. The zero-order valence-electron chi connectivity index (χ0n) is 12.5. The summed E-state index contributed by atoms with van der Waals surface area (Å²) in [6, 6.07) is 17.5. The number of aromatic amines is 1. The smallest absolute Gasteiger partial charge is 0.257 e. The molecular formula is C19H14N2O2. The third-order valence-electron chi connectivity index (χ3n) is 4.00. The fourth-order valence-corrected chi connectivity index (χ4v) is 2.85. The number of nitrogens with one attached hydrogen (secondary N) is 1. The molecule has 1 N–H and O–H groups in total. The van der Waals surface area contributed by atoms with Crippen LogP contribution >= 0.6 is 0 Å². The molecule has 112 valence electrons. The van der Waals surface area contributed by atoms with Crippen LogP contribution in [0.1, 0.15) is 0 Å². The van der Waals surface area contributed by atoms with Gasteiger partial charge in [0.05, 0.1) is 7.11 Å². The zero-order valence-corrected chi connectivity index (χ0v) is 12.5. The molecule has 0 bridgehead atoms. The van der Waals surface area contributed by atoms with Crippen molar-refractivity contribution in [3.8, 4) is 16.9 Å². The van der Waals surface area contributed by atoms with Crippen molar-refractivity contribution in [3.63, 3.8) is 0 Å². The van der Waals surface area contributed by atoms with Crippen LogP contribution in [-0.2, 0) is 0 Å². The number of rotatable bonds is 2. The van der Waals surface area contributed by atoms with Crippen LogP contribution in [0.5, 0.6) is 5.75 Å². The van der Waals surface area contributed by atoms with Crippen molar-refractivity contribution in [2.24, 2.45) is 0 Å². The van der Waals surface area contributed by atoms with Crippen molar-refractivity contribution in [2.45, 2.75) is 0 Å². The monoisotopic (exact) mass is 302 g/mol. The van der Waals surface area contributed by atoms with Crippen LogP contribution in [0.3, 0.4) is 0 Å². The van der Waals surface area contributed by atoms with Crippen molar-refractivity contribution < 1.29 is 4.74 Å². The first kappa shape index (κ1) is 13.5. The Bertz CT molecular complexity index is 1080. The van der Waals surface area contributed by atoms with E-state index in [-0.39, 0.29) is 5.56 Å². The average Bonchev–Trinajstić information content (AvgIpc) is 2.61. The van der Waals surface area contributed by atoms with Gasteiger partial charge in [-0.2, -0.15) is 0 Å². The second-order valence-corrected chi connectivity index (χ2v) is 5.35. The van der Waals surface area contributed by atoms with Crippen LogP contribution in [0.25, 0.3) is 32.9 Å². The number of ether oxygens (including phenoxy) is 1. The summed E-state index contributed by atoms with van der Waals surface area (Å²) >= 11 is 0. The third-order valence-corrected chi connectivity index (χ3v) is 4.00. The number of H-pyrrole nitrogens is 1. The second kappa shape index (κ2) is 5.25. The number of benzene rings is 2. The largest absolute Gasteiger partial charge is 0.497 e. The fraction of sp³-hybridized carbons (Fsp3) is 0.0526. The van der Waals surface area contributed by atoms with E-state index >= 15 is 0 Å². The van der Waals surface area contributed by atoms with Crippen LogP contribution < -0.4 is 10.3 Å². The van der Waals surface area contributed by atoms with Crippen molar-refractivity contribution in [3.05, 3.63) is 71.1 Å². The molecule has 0 saturated carbocycles. The molecule has 4 nitrogen and oxygen atoms in total. The number of hydrogen-bond donors (Lipinski definition) is 1. The second-order valence-electron chi connectivity index (χ2n) is 5.35. The van der Waals surface area contributed by atoms with E-state index < -0.39 is 0 Å². The number of hydrogen-bond acceptors (Lipinski definition) is 3. The quantitative estimate of drug-likeness (QED) is 0.574. The molecule has 0 unspecified atom stereocenters. The Morgan fingerprint density at radius 3 is 2.65 bits per heavy atom. The van der Waals surface area contributed by atoms with E-state index in [1.807, 2.05) is 54.6 Å². The van der Waals surface area contributed by atoms with E-state index in [4.69, 9.17) is 4.74 Å². The lowest BCUT2D eigenvalue weighted by Gasteiger charge is -2.07. The Hall–Kier alpha value is -3.14. The normalized spacial score (nSPS) is 11.0. The maximum Gasteiger partial charge on any atom is 0.257 e. The van der Waals surface area contributed by atoms with Crippen molar-refractivity contribution in [1.82, 2.24) is 9.97 Å². The molecule has 0 fully saturated rings. The lowest BCUT2D eigenvalue weighted by molar-refractivity contribution is 0.415. The number of nitrogens with zero attached hydrogens (tertiary/aromatic N) is 1. The topological polar surface area (TPSA) is 55.0 Å². The molecule has 2 heterocycles. The van der Waals surface area contributed by atoms with Crippen molar-refractivity contribution in [2.75, 3.05) is 7.11 Å². The maximum absolute atomic E-state index is 12.4. The standard InChI is InChI=1S/C19H14N2O2/c1-23-14-5-2-4-12(10-14)13-7-8-15-16-6-3-9-20-18(16)21-19(22)17(15)11-13/h2-11H,1H3,(H,20,21,22). The number of methoxy groups -OCH3 is 1. The molecule has 0 spiro atoms. The Morgan fingerprint density at radius 1 is 0.913 bits per heavy atom. The number of fused-ring (bicyclic) bond motifs is 3. The number of aromatic nitrogens is 2. The van der Waals surface area contributed by atoms with Gasteiger partial charge in [0.1, 0.15) is 11.4 Å². The molecule has 2 aromatic carbocycles. The van der Waals surface area contributed by atoms with E-state index in [1.165, 1.54) is 0 Å². The Labute approximate surface area is 132 Å². The molecule has 4 rings (SSSR count). The third kappa shape index (κ3) is 2.25. The van der Waals surface area contributed by atoms with Crippen LogP contribution in [0.4, 0.5) is 0 Å². The Balaban J connectivity index is 1.99. The first-order valence-corrected chi connectivity index (χ1v) is 7.31. The fourth-order valence-electron chi connectivity index (χ4n) is 2.85. The van der Waals surface area contributed by atoms with Gasteiger partial charge in [-0.25, -0.2) is 4.98 Å². The van der Waals surface area contributed by atoms with Gasteiger partial charge in [0.25, 0.3) is 5.56 Å². The summed E-state index contributed by atoms with van der Waals surface area (Å²) in [5, 5.41) is 2.51. The van der Waals surface area contributed by atoms with Crippen LogP contribution in [0.15, 0.2) is 65.6 Å². The van der Waals surface area contributed by atoms with Gasteiger partial charge in [-0.05, 0) is 46.8 Å². The minimum Gasteiger partial charge on any atom is -0.497 e. The summed E-state index contributed by atoms with van der Waals surface area (Å²) in [7, 11) is 1.64. The van der Waals surface area contributed by atoms with E-state index in [1.54, 1.807) is 13.3 Å². The highest BCUT2D eigenvalue weighted by Gasteiger charge is 2.08. The van der Waals surface area contributed by atoms with Crippen LogP contribution in [0, 0.1) is 0 Å². The van der Waals surface area contributed by atoms with E-state index in [0.29, 0.717) is 11.0 Å². The number of pyridine rings is 2. The molecule has 0 radical (unpaired) electrons. The van der Waals surface area contributed by atoms with Gasteiger partial charge in [0, 0.05) is 17.0 Å². The summed E-state index contributed by atoms with van der Waals surface area (Å²) in [4.78, 5) is 19.4. The SMILES string of the molecule is COc1cccc(-c2ccc3c(c2)c(=O)[nH]c2ncccc23)c1. The highest BCUT2D eigenvalue weighted by molar-refractivity contribution is 6.05. The molecule has 0 atom stereocenters. The van der Waals surface area contributed by atoms with Gasteiger partial charge in [-0.15, -0.1) is 0 Å². The van der Waals surface area contributed by atoms with Gasteiger partial charge in [0.15, 0.2) is 0 Å². The highest BCUT2D eigenvalue weighted by Crippen LogP contribution is 2.28. The molecule has 4 heteroatoms. The van der Waals surface area contributed by atoms with Gasteiger partial charge in [-0.3, -0.25) is 4.79 Å². The molecule has 0 saturated heterocycles. The minimum absolute atomic E-state index is 0.129. The lowest BCUT2D eigenvalue weighted by atomic mass is 10.0. The average molecular weight is 302 g/mol. The zero-order chi connectivity index (χ0) is 15.8. The summed E-state index contributed by atoms with van der Waals surface area (Å²) < 4.78 is 5.27. The van der Waals surface area contributed by atoms with Gasteiger partial charge < -0.3 is 9.72 Å². The summed E-state index contributed by atoms with van der Waals surface area (Å²) in [6.07, 6.45) is 1.68. The molecule has 0 aliphatic heterocycles. The lowest BCUT2D eigenvalue weighted by Crippen LogP contribution is -2.07. The summed E-state index contributed by atoms with van der Waals surface area (Å²) in [5.74, 6) is 0.791. The van der Waals surface area contributed by atoms with Crippen molar-refractivity contribution >= 4 is 21.8 Å². The van der Waals surface area contributed by atoms with E-state index in [0.717, 1.165) is 27.6 Å². The summed E-state index contributed by atoms with van der Waals surface area (Å²) in [5.41, 5.74) is 2.47. The van der Waals surface area contributed by atoms with Crippen molar-refractivity contribution in [1.29, 1.82) is 0 Å². The van der Waals surface area contributed by atoms with E-state index in [9.17, 15) is 4.79 Å². The first-order chi connectivity index (χ1) is 11.3. The summed E-state index contributed by atoms with van der Waals surface area (Å²) in [6.45, 7) is 0. The van der Waals surface area contributed by atoms with Gasteiger partial charge in [0.2, 0.25) is 0 Å². The molecule has 0 aliphatic rings. The molecule has 0 amide bonds. The van der Waals surface area contributed by atoms with E-state index in [2.05, 4.69) is 9.97 Å². The molecule has 23 heavy (non-hydrogen) atoms. The molecule has 2 aromatic heterocycles. The maximum atomic E-state index is 12.4. The predicted molar refractivity (Wildman–Crippen MR) is 91.9 cm³/mol. The van der Waals surface area contributed by atoms with Crippen LogP contribution in [-0.4, -0.2) is 17.1 Å². The van der Waals surface area contributed by atoms with Crippen LogP contribution in [0.2, 0.25) is 0 Å². The Kier molecular flexibility index (Phi) is 3.08. The first-order valence-electron chi connectivity index (χ1n) is 7.31. The molecule has 0 aliphatic carbocycles. The predicted octanol–water partition coefficient (Wildman–Crippen LogP) is 3.75.